The number of benzene rings is 1. The highest BCUT2D eigenvalue weighted by Crippen LogP contribution is 2.52. The van der Waals surface area contributed by atoms with Gasteiger partial charge in [0.25, 0.3) is 0 Å². The quantitative estimate of drug-likeness (QED) is 0.437. The average Bonchev–Trinajstić information content (AvgIpc) is 3.38. The van der Waals surface area contributed by atoms with Gasteiger partial charge in [0.1, 0.15) is 11.5 Å². The van der Waals surface area contributed by atoms with E-state index in [1.54, 1.807) is 26.4 Å². The molecule has 2 aromatic rings. The second kappa shape index (κ2) is 10.3. The Hall–Kier alpha value is -3.67. The number of rotatable bonds is 5. The maximum atomic E-state index is 14.0. The van der Waals surface area contributed by atoms with Crippen LogP contribution < -0.4 is 5.73 Å². The number of nitrogens with zero attached hydrogens (tertiary/aromatic N) is 2. The Morgan fingerprint density at radius 1 is 1.10 bits per heavy atom. The van der Waals surface area contributed by atoms with Crippen molar-refractivity contribution in [1.82, 2.24) is 9.80 Å². The lowest BCUT2D eigenvalue weighted by molar-refractivity contribution is -0.181. The molecule has 1 aromatic heterocycles. The Kier molecular flexibility index (Phi) is 6.94. The minimum atomic E-state index is -2.74. The van der Waals surface area contributed by atoms with Crippen LogP contribution in [0.4, 0.5) is 0 Å². The van der Waals surface area contributed by atoms with Gasteiger partial charge in [-0.1, -0.05) is 6.42 Å². The van der Waals surface area contributed by atoms with Crippen LogP contribution in [0.3, 0.4) is 0 Å². The molecule has 4 N–H and O–H groups in total. The van der Waals surface area contributed by atoms with E-state index >= 15 is 0 Å². The number of likely N-dealkylation sites (N-methyl/N-ethyl adjacent to an activating group) is 1. The lowest BCUT2D eigenvalue weighted by atomic mass is 9.52. The molecule has 11 nitrogen and oxygen atoms in total. The number of phenolic OH excluding ortho intramolecular Hbond substituents is 1. The Balaban J connectivity index is 1.42. The predicted octanol–water partition coefficient (Wildman–Crippen LogP) is 1.11. The molecule has 3 fully saturated rings. The first kappa shape index (κ1) is 28.4. The highest BCUT2D eigenvalue weighted by atomic mass is 16.3. The number of piperidine rings is 1. The van der Waals surface area contributed by atoms with Crippen molar-refractivity contribution in [3.8, 4) is 17.1 Å². The first-order chi connectivity index (χ1) is 20.0. The van der Waals surface area contributed by atoms with Gasteiger partial charge in [-0.05, 0) is 82.5 Å². The SMILES string of the molecule is CN(C)[C@@H]1C(=O)C(C(N)=O)C(=O)[C@@]2(O)C(=O)C3C(=O)c4c(O)ccc(-c5occc5CN5CCCCC5)c4C[C@H]3C[C@@H]12. The number of aromatic hydroxyl groups is 1. The van der Waals surface area contributed by atoms with Crippen molar-refractivity contribution in [3.05, 3.63) is 41.2 Å². The molecule has 0 radical (unpaired) electrons. The number of aliphatic hydroxyl groups is 1. The van der Waals surface area contributed by atoms with E-state index in [1.807, 2.05) is 6.07 Å². The number of primary amides is 1. The summed E-state index contributed by atoms with van der Waals surface area (Å²) in [6.45, 7) is 2.63. The lowest BCUT2D eigenvalue weighted by Crippen LogP contribution is -2.74. The molecule has 1 saturated heterocycles. The number of amides is 1. The number of fused-ring (bicyclic) bond motifs is 3. The Morgan fingerprint density at radius 2 is 1.81 bits per heavy atom. The van der Waals surface area contributed by atoms with Gasteiger partial charge in [0.15, 0.2) is 34.7 Å². The number of carbonyl (C=O) groups excluding carboxylic acids is 5. The van der Waals surface area contributed by atoms with Gasteiger partial charge in [0.2, 0.25) is 5.91 Å². The van der Waals surface area contributed by atoms with Crippen molar-refractivity contribution in [1.29, 1.82) is 0 Å². The van der Waals surface area contributed by atoms with E-state index in [0.717, 1.165) is 31.5 Å². The summed E-state index contributed by atoms with van der Waals surface area (Å²) in [7, 11) is 3.12. The van der Waals surface area contributed by atoms with Gasteiger partial charge in [-0.2, -0.15) is 0 Å². The van der Waals surface area contributed by atoms with E-state index in [2.05, 4.69) is 4.90 Å². The highest BCUT2D eigenvalue weighted by Gasteiger charge is 2.69. The van der Waals surface area contributed by atoms with Gasteiger partial charge in [-0.25, -0.2) is 0 Å². The molecule has 1 aromatic carbocycles. The second-order valence-electron chi connectivity index (χ2n) is 12.4. The van der Waals surface area contributed by atoms with Crippen molar-refractivity contribution in [3.63, 3.8) is 0 Å². The summed E-state index contributed by atoms with van der Waals surface area (Å²) in [6.07, 6.45) is 5.23. The maximum Gasteiger partial charge on any atom is 0.235 e. The zero-order chi connectivity index (χ0) is 30.1. The average molecular weight is 578 g/mol. The molecule has 1 aliphatic heterocycles. The zero-order valence-corrected chi connectivity index (χ0v) is 23.7. The second-order valence-corrected chi connectivity index (χ2v) is 12.4. The standard InChI is InChI=1S/C31H35N3O8/c1-33(2)24-19-13-16-12-18-17(27-15(8-11-42-27)14-34-9-4-3-5-10-34)6-7-20(35)22(18)25(36)21(16)28(38)31(19,41)29(39)23(26(24)37)30(32)40/h6-8,11,16,19,21,23-24,35,41H,3-5,9-10,12-14H2,1-2H3,(H2,32,40)/t16-,19-,21?,23?,24-,31-/m0/s1. The molecular formula is C31H35N3O8. The van der Waals surface area contributed by atoms with E-state index in [-0.39, 0.29) is 24.2 Å². The van der Waals surface area contributed by atoms with Crippen molar-refractivity contribution in [2.24, 2.45) is 29.4 Å². The summed E-state index contributed by atoms with van der Waals surface area (Å²) >= 11 is 0. The number of carbonyl (C=O) groups is 5. The van der Waals surface area contributed by atoms with Gasteiger partial charge in [0.05, 0.1) is 23.8 Å². The van der Waals surface area contributed by atoms with Crippen LogP contribution in [0.2, 0.25) is 0 Å². The fourth-order valence-corrected chi connectivity index (χ4v) is 7.87. The normalized spacial score (nSPS) is 31.6. The summed E-state index contributed by atoms with van der Waals surface area (Å²) < 4.78 is 5.94. The van der Waals surface area contributed by atoms with Crippen molar-refractivity contribution >= 4 is 29.0 Å². The van der Waals surface area contributed by atoms with Gasteiger partial charge >= 0.3 is 0 Å². The summed E-state index contributed by atoms with van der Waals surface area (Å²) in [4.78, 5) is 70.7. The van der Waals surface area contributed by atoms with E-state index in [9.17, 15) is 34.2 Å². The molecule has 222 valence electrons. The fourth-order valence-electron chi connectivity index (χ4n) is 7.87. The van der Waals surface area contributed by atoms with Crippen LogP contribution in [0.5, 0.6) is 5.75 Å². The third-order valence-corrected chi connectivity index (χ3v) is 9.78. The molecule has 0 bridgehead atoms. The third kappa shape index (κ3) is 4.09. The van der Waals surface area contributed by atoms with E-state index < -0.39 is 64.4 Å². The first-order valence-electron chi connectivity index (χ1n) is 14.4. The molecule has 11 heteroatoms. The Bertz CT molecular complexity index is 1510. The molecule has 2 heterocycles. The third-order valence-electron chi connectivity index (χ3n) is 9.78. The van der Waals surface area contributed by atoms with Crippen LogP contribution in [-0.2, 0) is 32.1 Å². The molecule has 42 heavy (non-hydrogen) atoms. The van der Waals surface area contributed by atoms with Crippen molar-refractivity contribution in [2.45, 2.75) is 50.3 Å². The number of phenols is 1. The van der Waals surface area contributed by atoms with Crippen molar-refractivity contribution < 1.29 is 38.6 Å². The number of hydrogen-bond acceptors (Lipinski definition) is 10. The minimum absolute atomic E-state index is 0.00220. The number of furan rings is 1. The number of Topliss-reactive ketones (excluding diaryl/α,β-unsaturated/α-hetero) is 4. The molecule has 2 unspecified atom stereocenters. The number of hydrogen-bond donors (Lipinski definition) is 3. The summed E-state index contributed by atoms with van der Waals surface area (Å²) in [5, 5.41) is 22.6. The molecule has 4 aliphatic rings. The molecule has 6 rings (SSSR count). The monoisotopic (exact) mass is 577 g/mol. The summed E-state index contributed by atoms with van der Waals surface area (Å²) in [6, 6.07) is 3.85. The van der Waals surface area contributed by atoms with Crippen LogP contribution in [-0.4, -0.2) is 87.9 Å². The zero-order valence-electron chi connectivity index (χ0n) is 23.7. The predicted molar refractivity (Wildman–Crippen MR) is 148 cm³/mol. The number of ketones is 4. The van der Waals surface area contributed by atoms with Crippen LogP contribution in [0, 0.1) is 23.7 Å². The highest BCUT2D eigenvalue weighted by molar-refractivity contribution is 6.32. The Morgan fingerprint density at radius 3 is 2.48 bits per heavy atom. The lowest BCUT2D eigenvalue weighted by Gasteiger charge is -2.52. The van der Waals surface area contributed by atoms with E-state index in [1.165, 1.54) is 17.4 Å². The van der Waals surface area contributed by atoms with Gasteiger partial charge in [0, 0.05) is 23.6 Å². The van der Waals surface area contributed by atoms with Crippen LogP contribution in [0.1, 0.15) is 47.2 Å². The molecule has 3 aliphatic carbocycles. The molecule has 1 amide bonds. The minimum Gasteiger partial charge on any atom is -0.507 e. The Labute approximate surface area is 242 Å². The van der Waals surface area contributed by atoms with Gasteiger partial charge < -0.3 is 20.4 Å². The topological polar surface area (TPSA) is 171 Å². The molecule has 6 atom stereocenters. The van der Waals surface area contributed by atoms with E-state index in [0.29, 0.717) is 23.4 Å². The fraction of sp³-hybridized carbons (Fsp3) is 0.516. The van der Waals surface area contributed by atoms with Crippen LogP contribution >= 0.6 is 0 Å². The molecule has 2 saturated carbocycles. The maximum absolute atomic E-state index is 14.0. The number of likely N-dealkylation sites (tertiary alicyclic amines) is 1. The van der Waals surface area contributed by atoms with Crippen LogP contribution in [0.25, 0.3) is 11.3 Å². The first-order valence-corrected chi connectivity index (χ1v) is 14.4. The van der Waals surface area contributed by atoms with Gasteiger partial charge in [-0.15, -0.1) is 0 Å². The summed E-state index contributed by atoms with van der Waals surface area (Å²) in [5.74, 6) is -10.0. The molecular weight excluding hydrogens is 542 g/mol. The number of nitrogens with two attached hydrogens (primary N) is 1. The van der Waals surface area contributed by atoms with E-state index in [4.69, 9.17) is 10.2 Å². The summed E-state index contributed by atoms with van der Waals surface area (Å²) in [5.41, 5.74) is 4.70. The van der Waals surface area contributed by atoms with Crippen LogP contribution in [0.15, 0.2) is 28.9 Å². The van der Waals surface area contributed by atoms with Gasteiger partial charge in [-0.3, -0.25) is 33.8 Å². The van der Waals surface area contributed by atoms with Crippen molar-refractivity contribution in [2.75, 3.05) is 27.2 Å². The largest absolute Gasteiger partial charge is 0.507 e. The molecule has 0 spiro atoms. The smallest absolute Gasteiger partial charge is 0.235 e.